The number of likely N-dealkylation sites (tertiary alicyclic amines) is 1. The Balaban J connectivity index is 1.86. The van der Waals surface area contributed by atoms with Crippen LogP contribution in [0.3, 0.4) is 0 Å². The van der Waals surface area contributed by atoms with Gasteiger partial charge in [0.1, 0.15) is 0 Å². The molecule has 1 heterocycles. The van der Waals surface area contributed by atoms with Crippen LogP contribution < -0.4 is 5.32 Å². The molecule has 1 fully saturated rings. The lowest BCUT2D eigenvalue weighted by atomic mass is 10.1. The lowest BCUT2D eigenvalue weighted by Gasteiger charge is -2.15. The van der Waals surface area contributed by atoms with Crippen molar-refractivity contribution in [2.75, 3.05) is 18.4 Å². The molecule has 2 rings (SSSR count). The largest absolute Gasteiger partial charge is 0.393 e. The monoisotopic (exact) mass is 276 g/mol. The van der Waals surface area contributed by atoms with E-state index in [1.165, 1.54) is 31.5 Å². The first kappa shape index (κ1) is 15.0. The van der Waals surface area contributed by atoms with Crippen molar-refractivity contribution in [3.63, 3.8) is 0 Å². The molecule has 1 aromatic carbocycles. The van der Waals surface area contributed by atoms with Crippen LogP contribution in [0.15, 0.2) is 24.3 Å². The van der Waals surface area contributed by atoms with Crippen LogP contribution in [0.25, 0.3) is 0 Å². The number of nitrogens with one attached hydrogen (secondary N) is 1. The Bertz CT molecular complexity index is 440. The van der Waals surface area contributed by atoms with Gasteiger partial charge in [0, 0.05) is 18.7 Å². The lowest BCUT2D eigenvalue weighted by molar-refractivity contribution is -0.116. The average molecular weight is 276 g/mol. The van der Waals surface area contributed by atoms with Gasteiger partial charge in [-0.05, 0) is 57.0 Å². The highest BCUT2D eigenvalue weighted by atomic mass is 16.3. The van der Waals surface area contributed by atoms with Crippen LogP contribution in [-0.4, -0.2) is 35.1 Å². The number of anilines is 1. The number of hydrogen-bond acceptors (Lipinski definition) is 3. The van der Waals surface area contributed by atoms with Gasteiger partial charge in [-0.1, -0.05) is 12.1 Å². The third-order valence-electron chi connectivity index (χ3n) is 3.60. The summed E-state index contributed by atoms with van der Waals surface area (Å²) >= 11 is 0. The van der Waals surface area contributed by atoms with Crippen LogP contribution in [0, 0.1) is 0 Å². The molecule has 0 radical (unpaired) electrons. The van der Waals surface area contributed by atoms with Gasteiger partial charge in [-0.3, -0.25) is 9.69 Å². The van der Waals surface area contributed by atoms with Gasteiger partial charge in [-0.15, -0.1) is 0 Å². The molecule has 2 N–H and O–H groups in total. The van der Waals surface area contributed by atoms with E-state index in [4.69, 9.17) is 0 Å². The molecule has 4 heteroatoms. The summed E-state index contributed by atoms with van der Waals surface area (Å²) in [4.78, 5) is 14.2. The number of rotatable bonds is 6. The zero-order chi connectivity index (χ0) is 14.4. The summed E-state index contributed by atoms with van der Waals surface area (Å²) in [6.45, 7) is 5.00. The van der Waals surface area contributed by atoms with Gasteiger partial charge in [0.2, 0.25) is 5.91 Å². The minimum atomic E-state index is -0.428. The number of benzene rings is 1. The van der Waals surface area contributed by atoms with Crippen LogP contribution in [0.4, 0.5) is 5.69 Å². The second-order valence-electron chi connectivity index (χ2n) is 5.62. The second kappa shape index (κ2) is 7.41. The van der Waals surface area contributed by atoms with E-state index in [9.17, 15) is 9.90 Å². The van der Waals surface area contributed by atoms with Crippen molar-refractivity contribution in [3.05, 3.63) is 29.8 Å². The van der Waals surface area contributed by atoms with Gasteiger partial charge in [0.25, 0.3) is 0 Å². The van der Waals surface area contributed by atoms with E-state index < -0.39 is 6.10 Å². The van der Waals surface area contributed by atoms with E-state index in [0.717, 1.165) is 12.2 Å². The molecule has 1 atom stereocenters. The van der Waals surface area contributed by atoms with Crippen molar-refractivity contribution in [1.82, 2.24) is 4.90 Å². The molecular weight excluding hydrogens is 252 g/mol. The zero-order valence-corrected chi connectivity index (χ0v) is 12.1. The average Bonchev–Trinajstić information content (AvgIpc) is 2.89. The van der Waals surface area contributed by atoms with Gasteiger partial charge in [0.05, 0.1) is 6.10 Å². The van der Waals surface area contributed by atoms with E-state index in [0.29, 0.717) is 12.8 Å². The number of nitrogens with zero attached hydrogens (tertiary/aromatic N) is 1. The molecule has 1 amide bonds. The first-order chi connectivity index (χ1) is 9.63. The third-order valence-corrected chi connectivity index (χ3v) is 3.60. The number of aliphatic hydroxyl groups excluding tert-OH is 1. The Morgan fingerprint density at radius 2 is 2.15 bits per heavy atom. The highest BCUT2D eigenvalue weighted by Crippen LogP contribution is 2.16. The number of aliphatic hydroxyl groups is 1. The number of carbonyl (C=O) groups excluding carboxylic acids is 1. The molecule has 0 saturated carbocycles. The van der Waals surface area contributed by atoms with Gasteiger partial charge in [-0.2, -0.15) is 0 Å². The molecule has 0 spiro atoms. The van der Waals surface area contributed by atoms with Gasteiger partial charge >= 0.3 is 0 Å². The Labute approximate surface area is 120 Å². The molecule has 1 unspecified atom stereocenters. The summed E-state index contributed by atoms with van der Waals surface area (Å²) in [5.74, 6) is -0.0378. The Kier molecular flexibility index (Phi) is 5.56. The molecule has 20 heavy (non-hydrogen) atoms. The maximum atomic E-state index is 11.7. The fourth-order valence-corrected chi connectivity index (χ4v) is 2.51. The van der Waals surface area contributed by atoms with Crippen LogP contribution in [0.5, 0.6) is 0 Å². The van der Waals surface area contributed by atoms with Crippen molar-refractivity contribution >= 4 is 11.6 Å². The number of amides is 1. The summed E-state index contributed by atoms with van der Waals surface area (Å²) in [5, 5.41) is 12.1. The molecule has 1 aliphatic heterocycles. The zero-order valence-electron chi connectivity index (χ0n) is 12.1. The SMILES string of the molecule is CC(O)CCC(=O)Nc1cccc(CN2CCCC2)c1. The van der Waals surface area contributed by atoms with Crippen molar-refractivity contribution in [3.8, 4) is 0 Å². The van der Waals surface area contributed by atoms with E-state index in [1.54, 1.807) is 6.92 Å². The number of hydrogen-bond donors (Lipinski definition) is 2. The first-order valence-corrected chi connectivity index (χ1v) is 7.43. The molecule has 0 aliphatic carbocycles. The minimum Gasteiger partial charge on any atom is -0.393 e. The Morgan fingerprint density at radius 3 is 2.85 bits per heavy atom. The molecule has 1 saturated heterocycles. The molecule has 1 aromatic rings. The highest BCUT2D eigenvalue weighted by molar-refractivity contribution is 5.90. The minimum absolute atomic E-state index is 0.0378. The van der Waals surface area contributed by atoms with Crippen molar-refractivity contribution < 1.29 is 9.90 Å². The van der Waals surface area contributed by atoms with E-state index in [1.807, 2.05) is 18.2 Å². The Hall–Kier alpha value is -1.39. The van der Waals surface area contributed by atoms with Crippen LogP contribution >= 0.6 is 0 Å². The standard InChI is InChI=1S/C16H24N2O2/c1-13(19)7-8-16(20)17-15-6-4-5-14(11-15)12-18-9-2-3-10-18/h4-6,11,13,19H,2-3,7-10,12H2,1H3,(H,17,20). The summed E-state index contributed by atoms with van der Waals surface area (Å²) < 4.78 is 0. The van der Waals surface area contributed by atoms with Crippen molar-refractivity contribution in [2.24, 2.45) is 0 Å². The summed E-state index contributed by atoms with van der Waals surface area (Å²) in [7, 11) is 0. The van der Waals surface area contributed by atoms with Crippen LogP contribution in [0.1, 0.15) is 38.2 Å². The predicted octanol–water partition coefficient (Wildman–Crippen LogP) is 2.38. The third kappa shape index (κ3) is 4.94. The van der Waals surface area contributed by atoms with Gasteiger partial charge in [0.15, 0.2) is 0 Å². The topological polar surface area (TPSA) is 52.6 Å². The smallest absolute Gasteiger partial charge is 0.224 e. The van der Waals surface area contributed by atoms with E-state index >= 15 is 0 Å². The fraction of sp³-hybridized carbons (Fsp3) is 0.562. The molecule has 110 valence electrons. The molecule has 1 aliphatic rings. The molecular formula is C16H24N2O2. The van der Waals surface area contributed by atoms with Crippen molar-refractivity contribution in [2.45, 2.75) is 45.3 Å². The summed E-state index contributed by atoms with van der Waals surface area (Å²) in [6.07, 6.45) is 3.00. The molecule has 0 aromatic heterocycles. The Morgan fingerprint density at radius 1 is 1.40 bits per heavy atom. The lowest BCUT2D eigenvalue weighted by Crippen LogP contribution is -2.18. The van der Waals surface area contributed by atoms with E-state index in [-0.39, 0.29) is 5.91 Å². The van der Waals surface area contributed by atoms with Gasteiger partial charge < -0.3 is 10.4 Å². The maximum absolute atomic E-state index is 11.7. The normalized spacial score (nSPS) is 17.1. The summed E-state index contributed by atoms with van der Waals surface area (Å²) in [6, 6.07) is 8.03. The summed E-state index contributed by atoms with van der Waals surface area (Å²) in [5.41, 5.74) is 2.08. The molecule has 4 nitrogen and oxygen atoms in total. The van der Waals surface area contributed by atoms with E-state index in [2.05, 4.69) is 16.3 Å². The predicted molar refractivity (Wildman–Crippen MR) is 80.5 cm³/mol. The van der Waals surface area contributed by atoms with Crippen LogP contribution in [0.2, 0.25) is 0 Å². The van der Waals surface area contributed by atoms with Crippen LogP contribution in [-0.2, 0) is 11.3 Å². The highest BCUT2D eigenvalue weighted by Gasteiger charge is 2.12. The molecule has 0 bridgehead atoms. The second-order valence-corrected chi connectivity index (χ2v) is 5.62. The quantitative estimate of drug-likeness (QED) is 0.839. The number of carbonyl (C=O) groups is 1. The van der Waals surface area contributed by atoms with Crippen molar-refractivity contribution in [1.29, 1.82) is 0 Å². The fourth-order valence-electron chi connectivity index (χ4n) is 2.51. The maximum Gasteiger partial charge on any atom is 0.224 e. The first-order valence-electron chi connectivity index (χ1n) is 7.43. The van der Waals surface area contributed by atoms with Gasteiger partial charge in [-0.25, -0.2) is 0 Å².